The molecule has 192 valence electrons. The fourth-order valence-electron chi connectivity index (χ4n) is 6.31. The van der Waals surface area contributed by atoms with Crippen molar-refractivity contribution >= 4 is 37.6 Å². The monoisotopic (exact) mass is 566 g/mol. The molecule has 0 bridgehead atoms. The van der Waals surface area contributed by atoms with Gasteiger partial charge in [0.2, 0.25) is 5.88 Å². The van der Waals surface area contributed by atoms with E-state index < -0.39 is 11.5 Å². The van der Waals surface area contributed by atoms with Crippen LogP contribution in [0.15, 0.2) is 102 Å². The fourth-order valence-corrected chi connectivity index (χ4v) is 6.69. The van der Waals surface area contributed by atoms with Crippen LogP contribution in [-0.2, 0) is 5.60 Å². The normalized spacial score (nSPS) is 18.5. The van der Waals surface area contributed by atoms with E-state index in [1.165, 1.54) is 0 Å². The van der Waals surface area contributed by atoms with Crippen molar-refractivity contribution in [3.8, 4) is 5.88 Å². The van der Waals surface area contributed by atoms with Crippen molar-refractivity contribution < 1.29 is 9.84 Å². The maximum atomic E-state index is 13.4. The number of aromatic nitrogens is 1. The van der Waals surface area contributed by atoms with Gasteiger partial charge in [-0.05, 0) is 66.2 Å². The minimum atomic E-state index is -1.22. The molecule has 3 unspecified atom stereocenters. The van der Waals surface area contributed by atoms with Gasteiger partial charge in [-0.25, -0.2) is 4.98 Å². The van der Waals surface area contributed by atoms with Gasteiger partial charge in [0.05, 0.1) is 12.6 Å². The number of halogens is 1. The summed E-state index contributed by atoms with van der Waals surface area (Å²) in [6.45, 7) is 1.75. The van der Waals surface area contributed by atoms with Gasteiger partial charge in [0.1, 0.15) is 5.60 Å². The number of fused-ring (bicyclic) bond motifs is 2. The van der Waals surface area contributed by atoms with E-state index >= 15 is 0 Å². The smallest absolute Gasteiger partial charge is 0.217 e. The SMILES string of the molecule is COc1nc2ccc(Br)cc2cc1C(c1ccccc1)C(O)(c1cccc2ccccc12)C1CCN(C)C1. The first-order chi connectivity index (χ1) is 18.5. The Labute approximate surface area is 232 Å². The van der Waals surface area contributed by atoms with Crippen LogP contribution in [0.4, 0.5) is 0 Å². The Balaban J connectivity index is 1.70. The Kier molecular flexibility index (Phi) is 6.68. The van der Waals surface area contributed by atoms with Crippen LogP contribution in [0.1, 0.15) is 29.0 Å². The van der Waals surface area contributed by atoms with Crippen molar-refractivity contribution in [3.63, 3.8) is 0 Å². The maximum absolute atomic E-state index is 13.4. The molecule has 5 aromatic rings. The summed E-state index contributed by atoms with van der Waals surface area (Å²) >= 11 is 3.62. The minimum absolute atomic E-state index is 0.00595. The molecule has 1 aliphatic rings. The number of benzene rings is 4. The number of nitrogens with zero attached hydrogens (tertiary/aromatic N) is 2. The highest BCUT2D eigenvalue weighted by Crippen LogP contribution is 2.52. The molecule has 4 aromatic carbocycles. The summed E-state index contributed by atoms with van der Waals surface area (Å²) < 4.78 is 6.93. The first-order valence-corrected chi connectivity index (χ1v) is 13.9. The van der Waals surface area contributed by atoms with E-state index in [1.807, 2.05) is 30.3 Å². The third-order valence-electron chi connectivity index (χ3n) is 8.08. The molecule has 5 heteroatoms. The standard InChI is InChI=1S/C33H31BrN2O2/c1-36-18-17-25(21-36)33(37,29-14-8-12-22-9-6-7-13-27(22)29)31(23-10-4-3-5-11-23)28-20-24-19-26(34)15-16-30(24)35-32(28)38-2/h3-16,19-20,25,31,37H,17-18,21H2,1-2H3. The van der Waals surface area contributed by atoms with Gasteiger partial charge < -0.3 is 14.7 Å². The first-order valence-electron chi connectivity index (χ1n) is 13.1. The number of ether oxygens (including phenoxy) is 1. The lowest BCUT2D eigenvalue weighted by Gasteiger charge is -2.43. The number of aliphatic hydroxyl groups is 1. The van der Waals surface area contributed by atoms with Gasteiger partial charge in [-0.15, -0.1) is 0 Å². The number of hydrogen-bond acceptors (Lipinski definition) is 4. The van der Waals surface area contributed by atoms with Crippen LogP contribution in [-0.4, -0.2) is 42.2 Å². The predicted molar refractivity (Wildman–Crippen MR) is 158 cm³/mol. The highest BCUT2D eigenvalue weighted by molar-refractivity contribution is 9.10. The molecule has 0 saturated carbocycles. The Morgan fingerprint density at radius 1 is 0.947 bits per heavy atom. The molecule has 6 rings (SSSR count). The van der Waals surface area contributed by atoms with Crippen LogP contribution >= 0.6 is 15.9 Å². The van der Waals surface area contributed by atoms with Gasteiger partial charge in [-0.1, -0.05) is 88.7 Å². The van der Waals surface area contributed by atoms with Crippen molar-refractivity contribution in [1.82, 2.24) is 9.88 Å². The molecular weight excluding hydrogens is 536 g/mol. The summed E-state index contributed by atoms with van der Waals surface area (Å²) in [6, 6.07) is 33.2. The van der Waals surface area contributed by atoms with Crippen LogP contribution in [0.2, 0.25) is 0 Å². The van der Waals surface area contributed by atoms with Gasteiger partial charge in [0, 0.05) is 33.8 Å². The predicted octanol–water partition coefficient (Wildman–Crippen LogP) is 7.13. The third kappa shape index (κ3) is 4.29. The summed E-state index contributed by atoms with van der Waals surface area (Å²) in [5.74, 6) is 0.141. The molecular formula is C33H31BrN2O2. The number of hydrogen-bond donors (Lipinski definition) is 1. The summed E-state index contributed by atoms with van der Waals surface area (Å²) in [7, 11) is 3.80. The third-order valence-corrected chi connectivity index (χ3v) is 8.57. The lowest BCUT2D eigenvalue weighted by atomic mass is 9.66. The van der Waals surface area contributed by atoms with Crippen molar-refractivity contribution in [3.05, 3.63) is 118 Å². The molecule has 0 radical (unpaired) electrons. The van der Waals surface area contributed by atoms with Gasteiger partial charge in [0.15, 0.2) is 0 Å². The van der Waals surface area contributed by atoms with Crippen molar-refractivity contribution in [1.29, 1.82) is 0 Å². The van der Waals surface area contributed by atoms with E-state index in [9.17, 15) is 5.11 Å². The van der Waals surface area contributed by atoms with Gasteiger partial charge in [-0.2, -0.15) is 0 Å². The first kappa shape index (κ1) is 25.1. The van der Waals surface area contributed by atoms with E-state index in [-0.39, 0.29) is 5.92 Å². The lowest BCUT2D eigenvalue weighted by molar-refractivity contribution is -0.0345. The number of rotatable bonds is 6. The zero-order chi connectivity index (χ0) is 26.3. The molecule has 3 atom stereocenters. The van der Waals surface area contributed by atoms with E-state index in [2.05, 4.69) is 94.6 Å². The van der Waals surface area contributed by atoms with Crippen LogP contribution in [0, 0.1) is 5.92 Å². The topological polar surface area (TPSA) is 45.6 Å². The zero-order valence-electron chi connectivity index (χ0n) is 21.6. The van der Waals surface area contributed by atoms with Crippen LogP contribution < -0.4 is 4.74 Å². The Morgan fingerprint density at radius 2 is 1.71 bits per heavy atom. The second-order valence-electron chi connectivity index (χ2n) is 10.4. The average Bonchev–Trinajstić information content (AvgIpc) is 3.39. The highest BCUT2D eigenvalue weighted by Gasteiger charge is 2.50. The molecule has 1 fully saturated rings. The Morgan fingerprint density at radius 3 is 2.47 bits per heavy atom. The lowest BCUT2D eigenvalue weighted by Crippen LogP contribution is -2.43. The van der Waals surface area contributed by atoms with Gasteiger partial charge in [0.25, 0.3) is 0 Å². The summed E-state index contributed by atoms with van der Waals surface area (Å²) in [5.41, 5.74) is 2.50. The van der Waals surface area contributed by atoms with Gasteiger partial charge >= 0.3 is 0 Å². The second-order valence-corrected chi connectivity index (χ2v) is 11.3. The minimum Gasteiger partial charge on any atom is -0.481 e. The van der Waals surface area contributed by atoms with Crippen LogP contribution in [0.5, 0.6) is 5.88 Å². The number of likely N-dealkylation sites (tertiary alicyclic amines) is 1. The summed E-state index contributed by atoms with van der Waals surface area (Å²) in [5, 5.41) is 16.6. The number of methoxy groups -OCH3 is 1. The molecule has 0 amide bonds. The van der Waals surface area contributed by atoms with E-state index in [0.717, 1.165) is 62.3 Å². The summed E-state index contributed by atoms with van der Waals surface area (Å²) in [6.07, 6.45) is 0.897. The highest BCUT2D eigenvalue weighted by atomic mass is 79.9. The zero-order valence-corrected chi connectivity index (χ0v) is 23.2. The molecule has 1 aliphatic heterocycles. The molecule has 1 saturated heterocycles. The van der Waals surface area contributed by atoms with Crippen molar-refractivity contribution in [2.24, 2.45) is 5.92 Å². The quantitative estimate of drug-likeness (QED) is 0.237. The van der Waals surface area contributed by atoms with E-state index in [4.69, 9.17) is 9.72 Å². The van der Waals surface area contributed by atoms with Crippen molar-refractivity contribution in [2.75, 3.05) is 27.2 Å². The van der Waals surface area contributed by atoms with E-state index in [1.54, 1.807) is 7.11 Å². The Hall–Kier alpha value is -3.25. The fraction of sp³-hybridized carbons (Fsp3) is 0.242. The van der Waals surface area contributed by atoms with Crippen LogP contribution in [0.25, 0.3) is 21.7 Å². The average molecular weight is 568 g/mol. The maximum Gasteiger partial charge on any atom is 0.217 e. The van der Waals surface area contributed by atoms with Gasteiger partial charge in [-0.3, -0.25) is 0 Å². The molecule has 1 aromatic heterocycles. The summed E-state index contributed by atoms with van der Waals surface area (Å²) in [4.78, 5) is 7.24. The molecule has 4 nitrogen and oxygen atoms in total. The molecule has 1 N–H and O–H groups in total. The van der Waals surface area contributed by atoms with E-state index in [0.29, 0.717) is 5.88 Å². The molecule has 0 spiro atoms. The van der Waals surface area contributed by atoms with Crippen LogP contribution in [0.3, 0.4) is 0 Å². The molecule has 2 heterocycles. The Bertz CT molecular complexity index is 1600. The van der Waals surface area contributed by atoms with Crippen molar-refractivity contribution in [2.45, 2.75) is 17.9 Å². The number of pyridine rings is 1. The molecule has 38 heavy (non-hydrogen) atoms. The largest absolute Gasteiger partial charge is 0.481 e. The molecule has 0 aliphatic carbocycles. The second kappa shape index (κ2) is 10.1.